The molecule has 0 bridgehead atoms. The van der Waals surface area contributed by atoms with Gasteiger partial charge in [0.25, 0.3) is 0 Å². The summed E-state index contributed by atoms with van der Waals surface area (Å²) in [6.45, 7) is 4.41. The molecule has 3 heterocycles. The Kier molecular flexibility index (Phi) is 6.72. The molecule has 0 saturated carbocycles. The molecule has 0 radical (unpaired) electrons. The van der Waals surface area contributed by atoms with Crippen molar-refractivity contribution in [2.75, 3.05) is 55.9 Å². The van der Waals surface area contributed by atoms with Gasteiger partial charge in [0.15, 0.2) is 11.6 Å². The van der Waals surface area contributed by atoms with Crippen LogP contribution in [0.25, 0.3) is 0 Å². The van der Waals surface area contributed by atoms with Crippen LogP contribution in [0.4, 0.5) is 27.9 Å². The van der Waals surface area contributed by atoms with E-state index in [1.54, 1.807) is 37.3 Å². The molecule has 4 rings (SSSR count). The second-order valence-electron chi connectivity index (χ2n) is 7.57. The number of hydrogen-bond donors (Lipinski definition) is 2. The van der Waals surface area contributed by atoms with Gasteiger partial charge in [0.2, 0.25) is 0 Å². The van der Waals surface area contributed by atoms with E-state index in [0.29, 0.717) is 49.2 Å². The Hall–Kier alpha value is -4.08. The fourth-order valence-electron chi connectivity index (χ4n) is 3.53. The number of pyridine rings is 1. The van der Waals surface area contributed by atoms with Crippen LogP contribution in [-0.2, 0) is 0 Å². The van der Waals surface area contributed by atoms with Gasteiger partial charge in [-0.15, -0.1) is 10.2 Å². The average molecular weight is 450 g/mol. The third-order valence-corrected chi connectivity index (χ3v) is 5.29. The van der Waals surface area contributed by atoms with E-state index in [4.69, 9.17) is 9.47 Å². The van der Waals surface area contributed by atoms with Gasteiger partial charge in [-0.2, -0.15) is 0 Å². The average Bonchev–Trinajstić information content (AvgIpc) is 2.84. The summed E-state index contributed by atoms with van der Waals surface area (Å²) in [4.78, 5) is 21.0. The molecule has 0 unspecified atom stereocenters. The van der Waals surface area contributed by atoms with E-state index in [1.807, 2.05) is 37.3 Å². The summed E-state index contributed by atoms with van der Waals surface area (Å²) in [5.41, 5.74) is 1.55. The number of rotatable bonds is 6. The largest absolute Gasteiger partial charge is 0.497 e. The van der Waals surface area contributed by atoms with Gasteiger partial charge in [0.05, 0.1) is 14.2 Å². The number of benzene rings is 1. The standard InChI is InChI=1S/C23H27N7O3/c1-16-5-4-6-20(24-16)26-21-7-8-22(28-27-21)29-9-11-30(12-10-29)23(31)25-17-13-18(32-2)15-19(14-17)33-3/h4-8,13-15H,9-12H2,1-3H3,(H,25,31)(H,24,26,27). The number of carbonyl (C=O) groups excluding carboxylic acids is 1. The molecule has 0 aliphatic carbocycles. The maximum absolute atomic E-state index is 12.7. The minimum Gasteiger partial charge on any atom is -0.497 e. The Morgan fingerprint density at radius 2 is 1.64 bits per heavy atom. The molecule has 10 nitrogen and oxygen atoms in total. The van der Waals surface area contributed by atoms with Gasteiger partial charge < -0.3 is 29.9 Å². The number of nitrogens with one attached hydrogen (secondary N) is 2. The Morgan fingerprint density at radius 3 is 2.24 bits per heavy atom. The zero-order chi connectivity index (χ0) is 23.2. The summed E-state index contributed by atoms with van der Waals surface area (Å²) >= 11 is 0. The molecular formula is C23H27N7O3. The first-order chi connectivity index (χ1) is 16.0. The minimum absolute atomic E-state index is 0.166. The molecule has 2 amide bonds. The highest BCUT2D eigenvalue weighted by Crippen LogP contribution is 2.26. The van der Waals surface area contributed by atoms with Crippen molar-refractivity contribution in [2.45, 2.75) is 6.92 Å². The number of urea groups is 1. The molecule has 1 fully saturated rings. The van der Waals surface area contributed by atoms with Crippen LogP contribution in [0.2, 0.25) is 0 Å². The summed E-state index contributed by atoms with van der Waals surface area (Å²) < 4.78 is 10.5. The quantitative estimate of drug-likeness (QED) is 0.591. The van der Waals surface area contributed by atoms with Crippen LogP contribution in [0.3, 0.4) is 0 Å². The molecule has 2 N–H and O–H groups in total. The molecule has 1 aromatic carbocycles. The number of aromatic nitrogens is 3. The van der Waals surface area contributed by atoms with Crippen molar-refractivity contribution in [3.63, 3.8) is 0 Å². The van der Waals surface area contributed by atoms with E-state index >= 15 is 0 Å². The highest BCUT2D eigenvalue weighted by atomic mass is 16.5. The van der Waals surface area contributed by atoms with Crippen LogP contribution < -0.4 is 25.0 Å². The molecule has 33 heavy (non-hydrogen) atoms. The fraction of sp³-hybridized carbons (Fsp3) is 0.304. The van der Waals surface area contributed by atoms with Crippen LogP contribution in [0.15, 0.2) is 48.5 Å². The number of piperazine rings is 1. The van der Waals surface area contributed by atoms with Gasteiger partial charge in [-0.3, -0.25) is 0 Å². The van der Waals surface area contributed by atoms with Gasteiger partial charge >= 0.3 is 6.03 Å². The van der Waals surface area contributed by atoms with Crippen LogP contribution in [0, 0.1) is 6.92 Å². The summed E-state index contributed by atoms with van der Waals surface area (Å²) in [5.74, 6) is 3.36. The maximum atomic E-state index is 12.7. The lowest BCUT2D eigenvalue weighted by Gasteiger charge is -2.35. The minimum atomic E-state index is -0.166. The SMILES string of the molecule is COc1cc(NC(=O)N2CCN(c3ccc(Nc4cccc(C)n4)nn3)CC2)cc(OC)c1. The monoisotopic (exact) mass is 449 g/mol. The Bertz CT molecular complexity index is 1080. The predicted molar refractivity (Wildman–Crippen MR) is 127 cm³/mol. The highest BCUT2D eigenvalue weighted by Gasteiger charge is 2.22. The lowest BCUT2D eigenvalue weighted by atomic mass is 10.2. The van der Waals surface area contributed by atoms with E-state index in [-0.39, 0.29) is 6.03 Å². The molecular weight excluding hydrogens is 422 g/mol. The Labute approximate surface area is 192 Å². The molecule has 0 spiro atoms. The first-order valence-corrected chi connectivity index (χ1v) is 10.6. The highest BCUT2D eigenvalue weighted by molar-refractivity contribution is 5.90. The lowest BCUT2D eigenvalue weighted by Crippen LogP contribution is -2.50. The second kappa shape index (κ2) is 10.0. The van der Waals surface area contributed by atoms with Gasteiger partial charge in [-0.25, -0.2) is 9.78 Å². The summed E-state index contributed by atoms with van der Waals surface area (Å²) in [6, 6.07) is 14.7. The number of methoxy groups -OCH3 is 2. The van der Waals surface area contributed by atoms with Crippen molar-refractivity contribution >= 4 is 29.2 Å². The number of aryl methyl sites for hydroxylation is 1. The molecule has 3 aromatic rings. The fourth-order valence-corrected chi connectivity index (χ4v) is 3.53. The number of amides is 2. The maximum Gasteiger partial charge on any atom is 0.321 e. The van der Waals surface area contributed by atoms with E-state index in [1.165, 1.54) is 0 Å². The Morgan fingerprint density at radius 1 is 0.909 bits per heavy atom. The molecule has 2 aromatic heterocycles. The van der Waals surface area contributed by atoms with E-state index in [0.717, 1.165) is 17.3 Å². The van der Waals surface area contributed by atoms with Gasteiger partial charge in [-0.1, -0.05) is 6.07 Å². The van der Waals surface area contributed by atoms with Gasteiger partial charge in [-0.05, 0) is 31.2 Å². The molecule has 1 aliphatic rings. The smallest absolute Gasteiger partial charge is 0.321 e. The number of hydrogen-bond acceptors (Lipinski definition) is 8. The van der Waals surface area contributed by atoms with Gasteiger partial charge in [0.1, 0.15) is 17.3 Å². The van der Waals surface area contributed by atoms with Crippen molar-refractivity contribution in [1.82, 2.24) is 20.1 Å². The first kappa shape index (κ1) is 22.1. The number of carbonyl (C=O) groups is 1. The number of nitrogens with zero attached hydrogens (tertiary/aromatic N) is 5. The van der Waals surface area contributed by atoms with Crippen LogP contribution >= 0.6 is 0 Å². The Balaban J connectivity index is 1.31. The summed E-state index contributed by atoms with van der Waals surface area (Å²) in [6.07, 6.45) is 0. The van der Waals surface area contributed by atoms with Crippen LogP contribution in [-0.4, -0.2) is 66.5 Å². The predicted octanol–water partition coefficient (Wildman–Crippen LogP) is 3.29. The third kappa shape index (κ3) is 5.59. The van der Waals surface area contributed by atoms with Crippen molar-refractivity contribution in [3.8, 4) is 11.5 Å². The molecule has 0 atom stereocenters. The number of anilines is 4. The normalized spacial score (nSPS) is 13.4. The van der Waals surface area contributed by atoms with Crippen molar-refractivity contribution in [3.05, 3.63) is 54.2 Å². The molecule has 10 heteroatoms. The second-order valence-corrected chi connectivity index (χ2v) is 7.57. The zero-order valence-corrected chi connectivity index (χ0v) is 18.9. The van der Waals surface area contributed by atoms with E-state index in [2.05, 4.69) is 30.7 Å². The van der Waals surface area contributed by atoms with E-state index in [9.17, 15) is 4.79 Å². The first-order valence-electron chi connectivity index (χ1n) is 10.6. The van der Waals surface area contributed by atoms with Crippen molar-refractivity contribution in [1.29, 1.82) is 0 Å². The van der Waals surface area contributed by atoms with Crippen molar-refractivity contribution < 1.29 is 14.3 Å². The number of ether oxygens (including phenoxy) is 2. The molecule has 1 saturated heterocycles. The zero-order valence-electron chi connectivity index (χ0n) is 18.9. The third-order valence-electron chi connectivity index (χ3n) is 5.29. The van der Waals surface area contributed by atoms with Crippen molar-refractivity contribution in [2.24, 2.45) is 0 Å². The van der Waals surface area contributed by atoms with Crippen LogP contribution in [0.1, 0.15) is 5.69 Å². The molecule has 1 aliphatic heterocycles. The van der Waals surface area contributed by atoms with Gasteiger partial charge in [0, 0.05) is 55.8 Å². The van der Waals surface area contributed by atoms with Crippen LogP contribution in [0.5, 0.6) is 11.5 Å². The topological polar surface area (TPSA) is 105 Å². The summed E-state index contributed by atoms with van der Waals surface area (Å²) in [5, 5.41) is 14.7. The summed E-state index contributed by atoms with van der Waals surface area (Å²) in [7, 11) is 3.15. The van der Waals surface area contributed by atoms with E-state index < -0.39 is 0 Å². The lowest BCUT2D eigenvalue weighted by molar-refractivity contribution is 0.208. The molecule has 172 valence electrons.